The highest BCUT2D eigenvalue weighted by Crippen LogP contribution is 2.18. The van der Waals surface area contributed by atoms with Gasteiger partial charge in [-0.1, -0.05) is 90.2 Å². The predicted molar refractivity (Wildman–Crippen MR) is 106 cm³/mol. The van der Waals surface area contributed by atoms with Crippen molar-refractivity contribution in [2.24, 2.45) is 0 Å². The molecule has 0 bridgehead atoms. The van der Waals surface area contributed by atoms with Crippen molar-refractivity contribution in [3.8, 4) is 0 Å². The van der Waals surface area contributed by atoms with Crippen LogP contribution in [0.1, 0.15) is 123 Å². The van der Waals surface area contributed by atoms with Gasteiger partial charge in [0.2, 0.25) is 0 Å². The maximum Gasteiger partial charge on any atom is 0.162 e. The van der Waals surface area contributed by atoms with Crippen LogP contribution >= 0.6 is 0 Å². The summed E-state index contributed by atoms with van der Waals surface area (Å²) in [6, 6.07) is 0. The highest BCUT2D eigenvalue weighted by atomic mass is 16.5. The Labute approximate surface area is 151 Å². The van der Waals surface area contributed by atoms with Crippen LogP contribution in [-0.4, -0.2) is 16.0 Å². The van der Waals surface area contributed by atoms with Gasteiger partial charge in [-0.2, -0.15) is 0 Å². The first-order chi connectivity index (χ1) is 11.6. The number of hydrogen-bond donors (Lipinski definition) is 2. The molecule has 0 aromatic heterocycles. The first-order valence-electron chi connectivity index (χ1n) is 10.7. The van der Waals surface area contributed by atoms with Crippen LogP contribution in [0.4, 0.5) is 0 Å². The molecule has 0 unspecified atom stereocenters. The molecule has 0 aromatic carbocycles. The smallest absolute Gasteiger partial charge is 0.162 e. The topological polar surface area (TPSA) is 40.5 Å². The van der Waals surface area contributed by atoms with Crippen molar-refractivity contribution in [2.75, 3.05) is 0 Å². The summed E-state index contributed by atoms with van der Waals surface area (Å²) < 4.78 is 0. The molecule has 24 heavy (non-hydrogen) atoms. The van der Waals surface area contributed by atoms with Gasteiger partial charge in [-0.3, -0.25) is 0 Å². The van der Waals surface area contributed by atoms with E-state index in [4.69, 9.17) is 0 Å². The highest BCUT2D eigenvalue weighted by molar-refractivity contribution is 4.81. The van der Waals surface area contributed by atoms with E-state index in [2.05, 4.69) is 19.1 Å². The van der Waals surface area contributed by atoms with Crippen molar-refractivity contribution >= 4 is 0 Å². The van der Waals surface area contributed by atoms with Crippen LogP contribution in [-0.2, 0) is 0 Å². The lowest BCUT2D eigenvalue weighted by Gasteiger charge is -2.20. The van der Waals surface area contributed by atoms with E-state index >= 15 is 0 Å². The molecule has 0 radical (unpaired) electrons. The third-order valence-electron chi connectivity index (χ3n) is 4.74. The molecule has 0 aliphatic rings. The molecule has 0 atom stereocenters. The molecule has 2 nitrogen and oxygen atoms in total. The van der Waals surface area contributed by atoms with Crippen molar-refractivity contribution < 1.29 is 10.2 Å². The van der Waals surface area contributed by atoms with Gasteiger partial charge in [-0.05, 0) is 32.1 Å². The molecular formula is C22H44O2. The summed E-state index contributed by atoms with van der Waals surface area (Å²) in [5.74, 6) is -1.42. The number of hydrogen-bond acceptors (Lipinski definition) is 2. The Kier molecular flexibility index (Phi) is 17.2. The monoisotopic (exact) mass is 340 g/mol. The molecule has 0 heterocycles. The number of aliphatic hydroxyl groups is 2. The molecule has 0 fully saturated rings. The molecule has 0 saturated heterocycles. The maximum absolute atomic E-state index is 9.68. The summed E-state index contributed by atoms with van der Waals surface area (Å²) in [6.45, 7) is 4.26. The number of allylic oxidation sites excluding steroid dienone is 2. The fourth-order valence-corrected chi connectivity index (χ4v) is 3.18. The Morgan fingerprint density at radius 1 is 0.542 bits per heavy atom. The quantitative estimate of drug-likeness (QED) is 0.162. The van der Waals surface area contributed by atoms with Crippen molar-refractivity contribution in [3.63, 3.8) is 0 Å². The van der Waals surface area contributed by atoms with E-state index in [0.717, 1.165) is 19.3 Å². The first kappa shape index (κ1) is 23.7. The van der Waals surface area contributed by atoms with Crippen LogP contribution in [0.5, 0.6) is 0 Å². The van der Waals surface area contributed by atoms with Gasteiger partial charge in [-0.15, -0.1) is 0 Å². The minimum atomic E-state index is -1.42. The van der Waals surface area contributed by atoms with Crippen LogP contribution in [0, 0.1) is 0 Å². The lowest BCUT2D eigenvalue weighted by molar-refractivity contribution is -0.171. The van der Waals surface area contributed by atoms with Gasteiger partial charge in [0.15, 0.2) is 5.79 Å². The first-order valence-corrected chi connectivity index (χ1v) is 10.7. The normalized spacial score (nSPS) is 12.3. The van der Waals surface area contributed by atoms with E-state index in [-0.39, 0.29) is 0 Å². The van der Waals surface area contributed by atoms with Crippen molar-refractivity contribution in [1.29, 1.82) is 0 Å². The lowest BCUT2D eigenvalue weighted by Crippen LogP contribution is -2.27. The molecule has 0 aliphatic carbocycles. The van der Waals surface area contributed by atoms with Crippen LogP contribution in [0.15, 0.2) is 12.2 Å². The summed E-state index contributed by atoms with van der Waals surface area (Å²) in [6.07, 6.45) is 24.6. The summed E-state index contributed by atoms with van der Waals surface area (Å²) in [4.78, 5) is 0. The molecule has 0 saturated carbocycles. The Morgan fingerprint density at radius 2 is 1.00 bits per heavy atom. The second kappa shape index (κ2) is 17.5. The Hall–Kier alpha value is -0.340. The number of rotatable bonds is 18. The molecule has 2 heteroatoms. The molecule has 0 aromatic rings. The van der Waals surface area contributed by atoms with Crippen molar-refractivity contribution in [3.05, 3.63) is 12.2 Å². The minimum absolute atomic E-state index is 0.498. The average Bonchev–Trinajstić information content (AvgIpc) is 2.54. The van der Waals surface area contributed by atoms with Gasteiger partial charge < -0.3 is 10.2 Å². The average molecular weight is 341 g/mol. The molecule has 0 rings (SSSR count). The van der Waals surface area contributed by atoms with E-state index in [0.29, 0.717) is 12.8 Å². The standard InChI is InChI=1S/C22H44O2/c1-3-5-6-7-8-9-10-11-12-13-14-15-16-17-18-19-21-22(23,24)20-4-2/h11-12,23-24H,3-10,13-21H2,1-2H3/b12-11-. The van der Waals surface area contributed by atoms with Crippen LogP contribution in [0.25, 0.3) is 0 Å². The van der Waals surface area contributed by atoms with E-state index in [1.165, 1.54) is 77.0 Å². The van der Waals surface area contributed by atoms with Gasteiger partial charge in [0.05, 0.1) is 0 Å². The van der Waals surface area contributed by atoms with Gasteiger partial charge in [-0.25, -0.2) is 0 Å². The van der Waals surface area contributed by atoms with Crippen LogP contribution in [0.2, 0.25) is 0 Å². The highest BCUT2D eigenvalue weighted by Gasteiger charge is 2.20. The summed E-state index contributed by atoms with van der Waals surface area (Å²) in [5.41, 5.74) is 0. The zero-order valence-corrected chi connectivity index (χ0v) is 16.6. The van der Waals surface area contributed by atoms with Gasteiger partial charge in [0, 0.05) is 12.8 Å². The molecule has 0 aliphatic heterocycles. The SMILES string of the molecule is CCCCCCCC/C=C\CCCCCCCCC(O)(O)CCC. The minimum Gasteiger partial charge on any atom is -0.366 e. The maximum atomic E-state index is 9.68. The van der Waals surface area contributed by atoms with Gasteiger partial charge in [0.25, 0.3) is 0 Å². The fourth-order valence-electron chi connectivity index (χ4n) is 3.18. The summed E-state index contributed by atoms with van der Waals surface area (Å²) >= 11 is 0. The predicted octanol–water partition coefficient (Wildman–Crippen LogP) is 6.90. The van der Waals surface area contributed by atoms with E-state index in [9.17, 15) is 10.2 Å². The molecular weight excluding hydrogens is 296 g/mol. The zero-order chi connectivity index (χ0) is 17.9. The summed E-state index contributed by atoms with van der Waals surface area (Å²) in [7, 11) is 0. The third-order valence-corrected chi connectivity index (χ3v) is 4.74. The van der Waals surface area contributed by atoms with E-state index < -0.39 is 5.79 Å². The van der Waals surface area contributed by atoms with Gasteiger partial charge >= 0.3 is 0 Å². The van der Waals surface area contributed by atoms with Crippen LogP contribution in [0.3, 0.4) is 0 Å². The second-order valence-electron chi connectivity index (χ2n) is 7.42. The zero-order valence-electron chi connectivity index (χ0n) is 16.6. The van der Waals surface area contributed by atoms with E-state index in [1.54, 1.807) is 0 Å². The molecule has 0 spiro atoms. The lowest BCUT2D eigenvalue weighted by atomic mass is 10.0. The fraction of sp³-hybridized carbons (Fsp3) is 0.909. The summed E-state index contributed by atoms with van der Waals surface area (Å²) in [5, 5.41) is 19.4. The molecule has 144 valence electrons. The van der Waals surface area contributed by atoms with Crippen molar-refractivity contribution in [2.45, 2.75) is 129 Å². The van der Waals surface area contributed by atoms with Crippen LogP contribution < -0.4 is 0 Å². The Balaban J connectivity index is 3.21. The molecule has 0 amide bonds. The van der Waals surface area contributed by atoms with Gasteiger partial charge in [0.1, 0.15) is 0 Å². The Morgan fingerprint density at radius 3 is 1.50 bits per heavy atom. The Bertz CT molecular complexity index is 271. The van der Waals surface area contributed by atoms with E-state index in [1.807, 2.05) is 6.92 Å². The largest absolute Gasteiger partial charge is 0.366 e. The second-order valence-corrected chi connectivity index (χ2v) is 7.42. The molecule has 2 N–H and O–H groups in total. The number of unbranched alkanes of at least 4 members (excludes halogenated alkanes) is 12. The van der Waals surface area contributed by atoms with Crippen molar-refractivity contribution in [1.82, 2.24) is 0 Å². The third kappa shape index (κ3) is 18.0.